The van der Waals surface area contributed by atoms with E-state index in [1.165, 1.54) is 25.1 Å². The van der Waals surface area contributed by atoms with Crippen LogP contribution in [0.25, 0.3) is 21.9 Å². The fraction of sp³-hybridized carbons (Fsp3) is 0.182. The Bertz CT molecular complexity index is 819. The van der Waals surface area contributed by atoms with E-state index in [1.807, 2.05) is 24.3 Å². The van der Waals surface area contributed by atoms with E-state index >= 15 is 0 Å². The van der Waals surface area contributed by atoms with Gasteiger partial charge in [-0.25, -0.2) is 12.2 Å². The number of hydrogen-bond acceptors (Lipinski definition) is 1. The first-order valence-corrected chi connectivity index (χ1v) is 9.21. The molecular weight excluding hydrogens is 442 g/mol. The first kappa shape index (κ1) is 24.9. The molecule has 3 aliphatic rings. The molecule has 0 aliphatic heterocycles. The van der Waals surface area contributed by atoms with Gasteiger partial charge in [0.25, 0.3) is 0 Å². The molecule has 0 atom stereocenters. The molecule has 26 heavy (non-hydrogen) atoms. The van der Waals surface area contributed by atoms with Gasteiger partial charge in [0.1, 0.15) is 0 Å². The van der Waals surface area contributed by atoms with Gasteiger partial charge in [-0.1, -0.05) is 46.2 Å². The zero-order valence-electron chi connectivity index (χ0n) is 15.2. The number of halogens is 2. The van der Waals surface area contributed by atoms with E-state index in [2.05, 4.69) is 62.4 Å². The molecule has 0 radical (unpaired) electrons. The summed E-state index contributed by atoms with van der Waals surface area (Å²) in [5, 5.41) is 2.57. The van der Waals surface area contributed by atoms with Gasteiger partial charge in [-0.3, -0.25) is 6.08 Å². The summed E-state index contributed by atoms with van der Waals surface area (Å²) in [6.07, 6.45) is 10.0. The predicted molar refractivity (Wildman–Crippen MR) is 101 cm³/mol. The van der Waals surface area contributed by atoms with E-state index in [0.717, 1.165) is 12.2 Å². The standard InChI is InChI=1S/C14H11O.C5H5.C3H6.2ClH.Zr/c1-15-14-8-4-7-12-11-6-3-2-5-10(11)9-13(12)14;1-2-4-5-3-1;1-3-2;;;/h2-9H,1H3;1-3H,4H2;1-2H3;2*1H;/q2*-1;;;;+2/p-2. The summed E-state index contributed by atoms with van der Waals surface area (Å²) in [6.45, 7) is 4.25. The molecule has 1 aromatic carbocycles. The van der Waals surface area contributed by atoms with E-state index in [9.17, 15) is 0 Å². The minimum absolute atomic E-state index is 0. The van der Waals surface area contributed by atoms with E-state index < -0.39 is 0 Å². The maximum absolute atomic E-state index is 5.36. The first-order chi connectivity index (χ1) is 11.6. The average molecular weight is 465 g/mol. The van der Waals surface area contributed by atoms with Crippen molar-refractivity contribution in [2.75, 3.05) is 7.11 Å². The van der Waals surface area contributed by atoms with Crippen molar-refractivity contribution in [1.82, 2.24) is 0 Å². The number of fused-ring (bicyclic) bond motifs is 3. The SMILES string of the molecule is CO[c-]1cccc2c3ccccc3cc1-2.C[C](C)=[Zr+2].[C-]1=CC=CC1.[Cl-].[Cl-]. The summed E-state index contributed by atoms with van der Waals surface area (Å²) in [5.74, 6) is 0.948. The van der Waals surface area contributed by atoms with Gasteiger partial charge < -0.3 is 29.6 Å². The molecule has 136 valence electrons. The Morgan fingerprint density at radius 2 is 1.81 bits per heavy atom. The summed E-state index contributed by atoms with van der Waals surface area (Å²) in [4.78, 5) is 0. The molecule has 0 N–H and O–H groups in total. The monoisotopic (exact) mass is 462 g/mol. The fourth-order valence-electron chi connectivity index (χ4n) is 2.47. The molecule has 3 aliphatic carbocycles. The van der Waals surface area contributed by atoms with Crippen molar-refractivity contribution in [3.05, 3.63) is 72.8 Å². The summed E-state index contributed by atoms with van der Waals surface area (Å²) < 4.78 is 6.86. The number of rotatable bonds is 1. The second-order valence-corrected chi connectivity index (χ2v) is 8.11. The van der Waals surface area contributed by atoms with Gasteiger partial charge in [-0.2, -0.15) is 6.08 Å². The molecule has 4 heteroatoms. The van der Waals surface area contributed by atoms with Gasteiger partial charge in [-0.15, -0.1) is 30.7 Å². The normalized spacial score (nSPS) is 10.8. The minimum atomic E-state index is 0. The van der Waals surface area contributed by atoms with Crippen LogP contribution in [0.4, 0.5) is 0 Å². The van der Waals surface area contributed by atoms with Crippen molar-refractivity contribution in [3.63, 3.8) is 0 Å². The van der Waals surface area contributed by atoms with Crippen LogP contribution in [0.3, 0.4) is 0 Å². The Kier molecular flexibility index (Phi) is 12.6. The molecule has 0 unspecified atom stereocenters. The van der Waals surface area contributed by atoms with Crippen LogP contribution < -0.4 is 29.6 Å². The number of allylic oxidation sites excluding steroid dienone is 4. The average Bonchev–Trinajstić information content (AvgIpc) is 3.25. The van der Waals surface area contributed by atoms with Crippen LogP contribution in [0.5, 0.6) is 5.75 Å². The first-order valence-electron chi connectivity index (χ1n) is 7.98. The number of benzene rings is 2. The maximum Gasteiger partial charge on any atom is -0.109 e. The van der Waals surface area contributed by atoms with Crippen LogP contribution in [0.1, 0.15) is 20.3 Å². The molecule has 0 amide bonds. The maximum atomic E-state index is 5.36. The summed E-state index contributed by atoms with van der Waals surface area (Å²) in [6, 6.07) is 16.8. The van der Waals surface area contributed by atoms with Crippen LogP contribution >= 0.6 is 0 Å². The van der Waals surface area contributed by atoms with Crippen LogP contribution in [-0.2, 0) is 24.2 Å². The van der Waals surface area contributed by atoms with E-state index in [-0.39, 0.29) is 24.8 Å². The third-order valence-electron chi connectivity index (χ3n) is 3.42. The smallest absolute Gasteiger partial charge is 0.109 e. The minimum Gasteiger partial charge on any atom is -1.00 e. The van der Waals surface area contributed by atoms with Crippen molar-refractivity contribution >= 4 is 14.0 Å². The van der Waals surface area contributed by atoms with Crippen molar-refractivity contribution in [3.8, 4) is 16.9 Å². The molecule has 0 spiro atoms. The molecule has 0 saturated carbocycles. The molecule has 0 aromatic heterocycles. The van der Waals surface area contributed by atoms with Crippen molar-refractivity contribution in [2.24, 2.45) is 0 Å². The summed E-state index contributed by atoms with van der Waals surface area (Å²) >= 11 is 1.55. The van der Waals surface area contributed by atoms with Crippen LogP contribution in [0, 0.1) is 6.08 Å². The second kappa shape index (κ2) is 13.1. The van der Waals surface area contributed by atoms with Gasteiger partial charge in [0, 0.05) is 5.75 Å². The summed E-state index contributed by atoms with van der Waals surface area (Å²) in [7, 11) is 1.71. The number of ether oxygens (including phenoxy) is 1. The molecule has 1 aromatic rings. The van der Waals surface area contributed by atoms with E-state index in [0.29, 0.717) is 0 Å². The zero-order valence-corrected chi connectivity index (χ0v) is 19.2. The third kappa shape index (κ3) is 7.27. The van der Waals surface area contributed by atoms with Gasteiger partial charge in [0.15, 0.2) is 0 Å². The quantitative estimate of drug-likeness (QED) is 0.451. The Labute approximate surface area is 184 Å². The number of hydrogen-bond donors (Lipinski definition) is 0. The molecule has 0 bridgehead atoms. The van der Waals surface area contributed by atoms with Crippen LogP contribution in [-0.4, -0.2) is 10.3 Å². The van der Waals surface area contributed by atoms with Gasteiger partial charge in [0.05, 0.1) is 7.11 Å². The fourth-order valence-corrected chi connectivity index (χ4v) is 2.47. The van der Waals surface area contributed by atoms with Crippen molar-refractivity contribution < 1.29 is 53.8 Å². The van der Waals surface area contributed by atoms with Gasteiger partial charge in [-0.05, 0) is 0 Å². The Balaban J connectivity index is 0.000000480. The zero-order chi connectivity index (χ0) is 17.4. The van der Waals surface area contributed by atoms with Gasteiger partial charge >= 0.3 is 41.3 Å². The number of methoxy groups -OCH3 is 1. The topological polar surface area (TPSA) is 9.23 Å². The summed E-state index contributed by atoms with van der Waals surface area (Å²) in [5.41, 5.74) is 2.46. The van der Waals surface area contributed by atoms with Crippen molar-refractivity contribution in [1.29, 1.82) is 0 Å². The van der Waals surface area contributed by atoms with Crippen molar-refractivity contribution in [2.45, 2.75) is 20.3 Å². The molecular formula is C22H22Cl2OZr-2. The van der Waals surface area contributed by atoms with E-state index in [4.69, 9.17) is 4.74 Å². The largest absolute Gasteiger partial charge is 1.00 e. The molecule has 0 heterocycles. The second-order valence-electron chi connectivity index (χ2n) is 5.66. The molecule has 0 saturated heterocycles. The predicted octanol–water partition coefficient (Wildman–Crippen LogP) is -0.269. The Morgan fingerprint density at radius 1 is 1.12 bits per heavy atom. The molecule has 0 fully saturated rings. The Hall–Kier alpha value is -1.08. The van der Waals surface area contributed by atoms with Gasteiger partial charge in [0.2, 0.25) is 0 Å². The molecule has 4 rings (SSSR count). The van der Waals surface area contributed by atoms with E-state index in [1.54, 1.807) is 31.3 Å². The Morgan fingerprint density at radius 3 is 2.35 bits per heavy atom. The third-order valence-corrected chi connectivity index (χ3v) is 3.42. The van der Waals surface area contributed by atoms with Crippen LogP contribution in [0.2, 0.25) is 0 Å². The molecule has 1 nitrogen and oxygen atoms in total. The van der Waals surface area contributed by atoms with Crippen LogP contribution in [0.15, 0.2) is 66.8 Å².